The average Bonchev–Trinajstić information content (AvgIpc) is 2.59. The highest BCUT2D eigenvalue weighted by Gasteiger charge is 2.25. The Morgan fingerprint density at radius 2 is 1.61 bits per heavy atom. The van der Waals surface area contributed by atoms with Crippen LogP contribution in [0.3, 0.4) is 0 Å². The Hall–Kier alpha value is -0.850. The largest absolute Gasteiger partial charge is 0.508 e. The molecule has 0 fully saturated rings. The predicted octanol–water partition coefficient (Wildman–Crippen LogP) is 7.60. The van der Waals surface area contributed by atoms with Crippen LogP contribution in [-0.2, 0) is 19.8 Å². The molecule has 2 rings (SSSR count). The van der Waals surface area contributed by atoms with Crippen molar-refractivity contribution in [3.63, 3.8) is 0 Å². The van der Waals surface area contributed by atoms with Gasteiger partial charge in [0.15, 0.2) is 5.75 Å². The molecule has 0 spiro atoms. The van der Waals surface area contributed by atoms with E-state index in [0.717, 1.165) is 11.1 Å². The van der Waals surface area contributed by atoms with Crippen molar-refractivity contribution in [1.29, 1.82) is 0 Å². The number of ether oxygens (including phenoxy) is 1. The van der Waals surface area contributed by atoms with Crippen molar-refractivity contribution in [3.8, 4) is 17.2 Å². The van der Waals surface area contributed by atoms with Crippen molar-refractivity contribution >= 4 is 39.5 Å². The van der Waals surface area contributed by atoms with Gasteiger partial charge in [0.25, 0.3) is 0 Å². The first kappa shape index (κ1) is 23.4. The van der Waals surface area contributed by atoms with Gasteiger partial charge in [-0.05, 0) is 87.5 Å². The summed E-state index contributed by atoms with van der Waals surface area (Å²) in [6.45, 7) is 8.23. The average molecular weight is 536 g/mol. The second-order valence-electron chi connectivity index (χ2n) is 6.47. The Bertz CT molecular complexity index is 837. The van der Waals surface area contributed by atoms with E-state index in [-0.39, 0.29) is 17.8 Å². The molecule has 1 N–H and O–H groups in total. The first-order valence-electron chi connectivity index (χ1n) is 9.05. The van der Waals surface area contributed by atoms with Crippen LogP contribution in [0.4, 0.5) is 0 Å². The second-order valence-corrected chi connectivity index (χ2v) is 10.2. The van der Waals surface area contributed by atoms with Crippen molar-refractivity contribution in [2.75, 3.05) is 13.2 Å². The van der Waals surface area contributed by atoms with Gasteiger partial charge >= 0.3 is 7.60 Å². The summed E-state index contributed by atoms with van der Waals surface area (Å²) in [5.41, 5.74) is 1.61. The van der Waals surface area contributed by atoms with Gasteiger partial charge in [-0.2, -0.15) is 0 Å². The summed E-state index contributed by atoms with van der Waals surface area (Å²) < 4.78 is 31.0. The van der Waals surface area contributed by atoms with Gasteiger partial charge in [-0.1, -0.05) is 13.8 Å². The van der Waals surface area contributed by atoms with E-state index in [0.29, 0.717) is 33.7 Å². The molecule has 0 heterocycles. The predicted molar refractivity (Wildman–Crippen MR) is 119 cm³/mol. The van der Waals surface area contributed by atoms with Gasteiger partial charge < -0.3 is 18.9 Å². The SMILES string of the molecule is CCOP(=O)(Cc1cc(Br)c(Oc2ccc(O)c(C(C)C)c2)c(Br)c1)OCC. The van der Waals surface area contributed by atoms with Crippen LogP contribution in [0.1, 0.15) is 44.7 Å². The van der Waals surface area contributed by atoms with E-state index in [1.54, 1.807) is 26.0 Å². The molecule has 0 aromatic heterocycles. The lowest BCUT2D eigenvalue weighted by Gasteiger charge is -2.18. The van der Waals surface area contributed by atoms with Crippen molar-refractivity contribution in [2.24, 2.45) is 0 Å². The molecule has 0 aliphatic carbocycles. The summed E-state index contributed by atoms with van der Waals surface area (Å²) in [5, 5.41) is 9.99. The number of rotatable bonds is 9. The van der Waals surface area contributed by atoms with E-state index >= 15 is 0 Å². The molecular weight excluding hydrogens is 511 g/mol. The van der Waals surface area contributed by atoms with Gasteiger partial charge in [-0.15, -0.1) is 0 Å². The second kappa shape index (κ2) is 10.3. The minimum Gasteiger partial charge on any atom is -0.508 e. The fourth-order valence-corrected chi connectivity index (χ4v) is 5.84. The highest BCUT2D eigenvalue weighted by molar-refractivity contribution is 9.11. The lowest BCUT2D eigenvalue weighted by Crippen LogP contribution is -2.00. The monoisotopic (exact) mass is 534 g/mol. The van der Waals surface area contributed by atoms with E-state index in [4.69, 9.17) is 13.8 Å². The molecule has 8 heteroatoms. The fraction of sp³-hybridized carbons (Fsp3) is 0.400. The molecule has 0 radical (unpaired) electrons. The van der Waals surface area contributed by atoms with E-state index in [9.17, 15) is 9.67 Å². The van der Waals surface area contributed by atoms with E-state index < -0.39 is 7.60 Å². The molecule has 0 aliphatic heterocycles. The Balaban J connectivity index is 2.29. The number of phenolic OH excluding ortho intramolecular Hbond substituents is 1. The highest BCUT2D eigenvalue weighted by Crippen LogP contribution is 2.52. The molecule has 0 saturated carbocycles. The molecule has 28 heavy (non-hydrogen) atoms. The molecule has 0 bridgehead atoms. The lowest BCUT2D eigenvalue weighted by atomic mass is 10.0. The van der Waals surface area contributed by atoms with E-state index in [1.807, 2.05) is 32.0 Å². The van der Waals surface area contributed by atoms with Gasteiger partial charge in [0.2, 0.25) is 0 Å². The fourth-order valence-electron chi connectivity index (χ4n) is 2.72. The Morgan fingerprint density at radius 3 is 2.11 bits per heavy atom. The first-order valence-corrected chi connectivity index (χ1v) is 12.4. The van der Waals surface area contributed by atoms with Gasteiger partial charge in [-0.3, -0.25) is 4.57 Å². The minimum absolute atomic E-state index is 0.170. The number of benzene rings is 2. The maximum Gasteiger partial charge on any atom is 0.335 e. The molecule has 154 valence electrons. The smallest absolute Gasteiger partial charge is 0.335 e. The van der Waals surface area contributed by atoms with Gasteiger partial charge in [-0.25, -0.2) is 0 Å². The van der Waals surface area contributed by atoms with Crippen LogP contribution in [0.15, 0.2) is 39.3 Å². The topological polar surface area (TPSA) is 65.0 Å². The molecule has 5 nitrogen and oxygen atoms in total. The van der Waals surface area contributed by atoms with E-state index in [1.165, 1.54) is 0 Å². The molecule has 0 amide bonds. The molecule has 2 aromatic carbocycles. The Kier molecular flexibility index (Phi) is 8.59. The highest BCUT2D eigenvalue weighted by atomic mass is 79.9. The minimum atomic E-state index is -3.20. The van der Waals surface area contributed by atoms with Crippen LogP contribution in [0.2, 0.25) is 0 Å². The third kappa shape index (κ3) is 6.07. The number of aromatic hydroxyl groups is 1. The van der Waals surface area contributed by atoms with Crippen molar-refractivity contribution in [3.05, 3.63) is 50.4 Å². The normalized spacial score (nSPS) is 11.8. The van der Waals surface area contributed by atoms with Crippen LogP contribution in [0.5, 0.6) is 17.2 Å². The molecule has 2 aromatic rings. The van der Waals surface area contributed by atoms with E-state index in [2.05, 4.69) is 31.9 Å². The quantitative estimate of drug-likeness (QED) is 0.335. The number of hydrogen-bond donors (Lipinski definition) is 1. The molecular formula is C20H25Br2O5P. The number of hydrogen-bond acceptors (Lipinski definition) is 5. The molecule has 0 aliphatic rings. The number of halogens is 2. The number of phenols is 1. The summed E-state index contributed by atoms with van der Waals surface area (Å²) in [4.78, 5) is 0. The zero-order chi connectivity index (χ0) is 20.9. The Labute approximate surface area is 183 Å². The molecule has 0 unspecified atom stereocenters. The van der Waals surface area contributed by atoms with Gasteiger partial charge in [0.05, 0.1) is 28.3 Å². The molecule has 0 saturated heterocycles. The summed E-state index contributed by atoms with van der Waals surface area (Å²) >= 11 is 7.05. The maximum absolute atomic E-state index is 12.8. The van der Waals surface area contributed by atoms with Crippen LogP contribution in [0, 0.1) is 0 Å². The van der Waals surface area contributed by atoms with Gasteiger partial charge in [0.1, 0.15) is 11.5 Å². The summed E-state index contributed by atoms with van der Waals surface area (Å²) in [7, 11) is -3.20. The van der Waals surface area contributed by atoms with Crippen molar-refractivity contribution in [2.45, 2.75) is 39.8 Å². The summed E-state index contributed by atoms with van der Waals surface area (Å²) in [6, 6.07) is 8.85. The van der Waals surface area contributed by atoms with Crippen LogP contribution < -0.4 is 4.74 Å². The maximum atomic E-state index is 12.8. The van der Waals surface area contributed by atoms with Crippen LogP contribution in [-0.4, -0.2) is 18.3 Å². The third-order valence-corrected chi connectivity index (χ3v) is 7.16. The Morgan fingerprint density at radius 1 is 1.04 bits per heavy atom. The van der Waals surface area contributed by atoms with Gasteiger partial charge in [0, 0.05) is 5.56 Å². The van der Waals surface area contributed by atoms with Crippen LogP contribution >= 0.6 is 39.5 Å². The molecule has 0 atom stereocenters. The standard InChI is InChI=1S/C20H25Br2O5P/c1-5-25-28(24,26-6-2)12-14-9-17(21)20(18(22)10-14)27-15-7-8-19(23)16(11-15)13(3)4/h7-11,13,23H,5-6,12H2,1-4H3. The lowest BCUT2D eigenvalue weighted by molar-refractivity contribution is 0.219. The zero-order valence-electron chi connectivity index (χ0n) is 16.4. The van der Waals surface area contributed by atoms with Crippen LogP contribution in [0.25, 0.3) is 0 Å². The third-order valence-electron chi connectivity index (χ3n) is 3.93. The summed E-state index contributed by atoms with van der Waals surface area (Å²) in [6.07, 6.45) is 0.170. The van der Waals surface area contributed by atoms with Crippen molar-refractivity contribution in [1.82, 2.24) is 0 Å². The van der Waals surface area contributed by atoms with Crippen molar-refractivity contribution < 1.29 is 23.5 Å². The summed E-state index contributed by atoms with van der Waals surface area (Å²) in [5.74, 6) is 1.62. The zero-order valence-corrected chi connectivity index (χ0v) is 20.4. The first-order chi connectivity index (χ1) is 13.2.